The van der Waals surface area contributed by atoms with Gasteiger partial charge in [-0.25, -0.2) is 0 Å². The van der Waals surface area contributed by atoms with Crippen LogP contribution in [0.25, 0.3) is 0 Å². The summed E-state index contributed by atoms with van der Waals surface area (Å²) in [6, 6.07) is 2.65. The van der Waals surface area contributed by atoms with Gasteiger partial charge in [0, 0.05) is 6.04 Å². The molecule has 0 bridgehead atoms. The summed E-state index contributed by atoms with van der Waals surface area (Å²) in [4.78, 5) is 0. The molecule has 0 aromatic carbocycles. The third-order valence-corrected chi connectivity index (χ3v) is 3.33. The Hall–Kier alpha value is -0.550. The Balaban J connectivity index is 2.15. The highest BCUT2D eigenvalue weighted by atomic mass is 14.9. The predicted octanol–water partition coefficient (Wildman–Crippen LogP) is 2.70. The molecule has 1 N–H and O–H groups in total. The van der Waals surface area contributed by atoms with Crippen LogP contribution in [0.2, 0.25) is 0 Å². The van der Waals surface area contributed by atoms with Gasteiger partial charge in [0.05, 0.1) is 12.5 Å². The van der Waals surface area contributed by atoms with Crippen molar-refractivity contribution in [2.24, 2.45) is 11.8 Å². The molecule has 80 valence electrons. The molecule has 2 nitrogen and oxygen atoms in total. The summed E-state index contributed by atoms with van der Waals surface area (Å²) in [5, 5.41) is 12.1. The lowest BCUT2D eigenvalue weighted by Crippen LogP contribution is -2.32. The van der Waals surface area contributed by atoms with Crippen LogP contribution in [-0.4, -0.2) is 12.6 Å². The maximum atomic E-state index is 8.61. The van der Waals surface area contributed by atoms with Gasteiger partial charge in [0.25, 0.3) is 0 Å². The first-order chi connectivity index (χ1) is 6.76. The molecule has 0 aromatic rings. The Labute approximate surface area is 87.7 Å². The van der Waals surface area contributed by atoms with Crippen LogP contribution in [-0.2, 0) is 0 Å². The van der Waals surface area contributed by atoms with Gasteiger partial charge in [-0.1, -0.05) is 20.3 Å². The van der Waals surface area contributed by atoms with Gasteiger partial charge in [0.15, 0.2) is 0 Å². The van der Waals surface area contributed by atoms with E-state index >= 15 is 0 Å². The average molecular weight is 194 g/mol. The Kier molecular flexibility index (Phi) is 4.97. The zero-order valence-electron chi connectivity index (χ0n) is 9.42. The molecule has 1 aliphatic carbocycles. The predicted molar refractivity (Wildman–Crippen MR) is 58.8 cm³/mol. The van der Waals surface area contributed by atoms with Crippen molar-refractivity contribution in [1.82, 2.24) is 5.32 Å². The van der Waals surface area contributed by atoms with Crippen molar-refractivity contribution in [2.45, 2.75) is 52.0 Å². The van der Waals surface area contributed by atoms with E-state index in [0.29, 0.717) is 12.5 Å². The van der Waals surface area contributed by atoms with Crippen LogP contribution in [0, 0.1) is 23.2 Å². The highest BCUT2D eigenvalue weighted by molar-refractivity contribution is 4.82. The largest absolute Gasteiger partial charge is 0.313 e. The zero-order chi connectivity index (χ0) is 10.4. The average Bonchev–Trinajstić information content (AvgIpc) is 2.59. The summed E-state index contributed by atoms with van der Waals surface area (Å²) < 4.78 is 0. The first-order valence-electron chi connectivity index (χ1n) is 5.86. The van der Waals surface area contributed by atoms with Crippen molar-refractivity contribution in [3.05, 3.63) is 0 Å². The quantitative estimate of drug-likeness (QED) is 0.730. The van der Waals surface area contributed by atoms with E-state index in [-0.39, 0.29) is 0 Å². The summed E-state index contributed by atoms with van der Waals surface area (Å²) in [5.74, 6) is 1.77. The van der Waals surface area contributed by atoms with Crippen LogP contribution in [0.15, 0.2) is 0 Å². The first kappa shape index (κ1) is 11.5. The molecule has 2 heteroatoms. The Morgan fingerprint density at radius 1 is 1.50 bits per heavy atom. The molecule has 0 spiro atoms. The monoisotopic (exact) mass is 194 g/mol. The maximum Gasteiger partial charge on any atom is 0.0638 e. The van der Waals surface area contributed by atoms with Gasteiger partial charge in [-0.15, -0.1) is 0 Å². The van der Waals surface area contributed by atoms with E-state index in [1.165, 1.54) is 19.3 Å². The topological polar surface area (TPSA) is 35.8 Å². The SMILES string of the molecule is CCC(CC#N)NCC1CCC(C)C1. The molecule has 0 heterocycles. The van der Waals surface area contributed by atoms with Crippen molar-refractivity contribution >= 4 is 0 Å². The van der Waals surface area contributed by atoms with Crippen LogP contribution in [0.1, 0.15) is 46.0 Å². The molecular weight excluding hydrogens is 172 g/mol. The van der Waals surface area contributed by atoms with E-state index in [2.05, 4.69) is 25.2 Å². The highest BCUT2D eigenvalue weighted by Gasteiger charge is 2.21. The maximum absolute atomic E-state index is 8.61. The van der Waals surface area contributed by atoms with Gasteiger partial charge in [-0.05, 0) is 37.6 Å². The highest BCUT2D eigenvalue weighted by Crippen LogP contribution is 2.29. The van der Waals surface area contributed by atoms with E-state index in [9.17, 15) is 0 Å². The first-order valence-corrected chi connectivity index (χ1v) is 5.86. The number of hydrogen-bond acceptors (Lipinski definition) is 2. The summed E-state index contributed by atoms with van der Waals surface area (Å²) in [6.07, 6.45) is 5.85. The summed E-state index contributed by atoms with van der Waals surface area (Å²) in [7, 11) is 0. The zero-order valence-corrected chi connectivity index (χ0v) is 9.42. The molecule has 0 saturated heterocycles. The van der Waals surface area contributed by atoms with Crippen molar-refractivity contribution in [3.8, 4) is 6.07 Å². The van der Waals surface area contributed by atoms with Crippen LogP contribution >= 0.6 is 0 Å². The lowest BCUT2D eigenvalue weighted by molar-refractivity contribution is 0.417. The third-order valence-electron chi connectivity index (χ3n) is 3.33. The molecule has 3 atom stereocenters. The minimum absolute atomic E-state index is 0.413. The number of rotatable bonds is 5. The number of hydrogen-bond donors (Lipinski definition) is 1. The van der Waals surface area contributed by atoms with E-state index in [1.807, 2.05) is 0 Å². The third kappa shape index (κ3) is 3.67. The molecule has 0 amide bonds. The van der Waals surface area contributed by atoms with E-state index in [4.69, 9.17) is 5.26 Å². The van der Waals surface area contributed by atoms with Gasteiger partial charge in [0.1, 0.15) is 0 Å². The fourth-order valence-electron chi connectivity index (χ4n) is 2.31. The van der Waals surface area contributed by atoms with Crippen molar-refractivity contribution in [1.29, 1.82) is 5.26 Å². The molecule has 1 fully saturated rings. The molecular formula is C12H22N2. The standard InChI is InChI=1S/C12H22N2/c1-3-12(6-7-13)14-9-11-5-4-10(2)8-11/h10-12,14H,3-6,8-9H2,1-2H3. The normalized spacial score (nSPS) is 28.6. The molecule has 0 aromatic heterocycles. The Bertz CT molecular complexity index is 195. The molecule has 14 heavy (non-hydrogen) atoms. The molecule has 0 radical (unpaired) electrons. The molecule has 1 rings (SSSR count). The van der Waals surface area contributed by atoms with Gasteiger partial charge >= 0.3 is 0 Å². The van der Waals surface area contributed by atoms with Crippen LogP contribution in [0.5, 0.6) is 0 Å². The number of nitrogens with zero attached hydrogens (tertiary/aromatic N) is 1. The van der Waals surface area contributed by atoms with Gasteiger partial charge in [0.2, 0.25) is 0 Å². The Morgan fingerprint density at radius 3 is 2.79 bits per heavy atom. The van der Waals surface area contributed by atoms with E-state index in [1.54, 1.807) is 0 Å². The van der Waals surface area contributed by atoms with Crippen molar-refractivity contribution < 1.29 is 0 Å². The summed E-state index contributed by atoms with van der Waals surface area (Å²) in [5.41, 5.74) is 0. The van der Waals surface area contributed by atoms with Crippen molar-refractivity contribution in [3.63, 3.8) is 0 Å². The van der Waals surface area contributed by atoms with Crippen LogP contribution in [0.3, 0.4) is 0 Å². The summed E-state index contributed by atoms with van der Waals surface area (Å²) in [6.45, 7) is 5.60. The van der Waals surface area contributed by atoms with Gasteiger partial charge < -0.3 is 5.32 Å². The van der Waals surface area contributed by atoms with Gasteiger partial charge in [-0.3, -0.25) is 0 Å². The molecule has 1 aliphatic rings. The van der Waals surface area contributed by atoms with Gasteiger partial charge in [-0.2, -0.15) is 5.26 Å². The second-order valence-corrected chi connectivity index (χ2v) is 4.66. The Morgan fingerprint density at radius 2 is 2.29 bits per heavy atom. The van der Waals surface area contributed by atoms with Crippen LogP contribution < -0.4 is 5.32 Å². The fourth-order valence-corrected chi connectivity index (χ4v) is 2.31. The second kappa shape index (κ2) is 6.03. The minimum atomic E-state index is 0.413. The van der Waals surface area contributed by atoms with Crippen molar-refractivity contribution in [2.75, 3.05) is 6.54 Å². The number of nitriles is 1. The van der Waals surface area contributed by atoms with E-state index in [0.717, 1.165) is 24.8 Å². The molecule has 0 aliphatic heterocycles. The molecule has 3 unspecified atom stereocenters. The second-order valence-electron chi connectivity index (χ2n) is 4.66. The van der Waals surface area contributed by atoms with Crippen LogP contribution in [0.4, 0.5) is 0 Å². The lowest BCUT2D eigenvalue weighted by atomic mass is 10.1. The molecule has 1 saturated carbocycles. The smallest absolute Gasteiger partial charge is 0.0638 e. The minimum Gasteiger partial charge on any atom is -0.313 e. The number of nitrogens with one attached hydrogen (secondary N) is 1. The lowest BCUT2D eigenvalue weighted by Gasteiger charge is -2.17. The summed E-state index contributed by atoms with van der Waals surface area (Å²) >= 11 is 0. The fraction of sp³-hybridized carbons (Fsp3) is 0.917. The van der Waals surface area contributed by atoms with E-state index < -0.39 is 0 Å².